The first-order valence-electron chi connectivity index (χ1n) is 3.77. The first-order chi connectivity index (χ1) is 5.63. The lowest BCUT2D eigenvalue weighted by Crippen LogP contribution is -2.23. The van der Waals surface area contributed by atoms with Crippen molar-refractivity contribution < 1.29 is 19.8 Å². The number of carboxylic acids is 2. The van der Waals surface area contributed by atoms with E-state index in [2.05, 4.69) is 5.32 Å². The highest BCUT2D eigenvalue weighted by atomic mass is 35.5. The van der Waals surface area contributed by atoms with Crippen molar-refractivity contribution in [2.45, 2.75) is 19.3 Å². The number of rotatable bonds is 7. The molecule has 6 heteroatoms. The summed E-state index contributed by atoms with van der Waals surface area (Å²) in [4.78, 5) is 20.0. The molecule has 0 aliphatic rings. The van der Waals surface area contributed by atoms with Crippen LogP contribution in [0.3, 0.4) is 0 Å². The fourth-order valence-corrected chi connectivity index (χ4v) is 0.722. The van der Waals surface area contributed by atoms with E-state index in [1.54, 1.807) is 0 Å². The molecule has 0 saturated carbocycles. The van der Waals surface area contributed by atoms with Crippen LogP contribution in [-0.2, 0) is 9.59 Å². The molecule has 0 aromatic carbocycles. The third-order valence-corrected chi connectivity index (χ3v) is 1.27. The van der Waals surface area contributed by atoms with Crippen LogP contribution in [0, 0.1) is 0 Å². The van der Waals surface area contributed by atoms with Gasteiger partial charge in [-0.2, -0.15) is 0 Å². The Morgan fingerprint density at radius 1 is 1.08 bits per heavy atom. The van der Waals surface area contributed by atoms with Gasteiger partial charge in [0.15, 0.2) is 0 Å². The van der Waals surface area contributed by atoms with Crippen LogP contribution in [0.1, 0.15) is 19.3 Å². The van der Waals surface area contributed by atoms with E-state index < -0.39 is 11.9 Å². The Kier molecular flexibility index (Phi) is 10.5. The van der Waals surface area contributed by atoms with Gasteiger partial charge in [-0.1, -0.05) is 0 Å². The Morgan fingerprint density at radius 3 is 2.15 bits per heavy atom. The van der Waals surface area contributed by atoms with E-state index in [1.165, 1.54) is 0 Å². The van der Waals surface area contributed by atoms with Crippen LogP contribution in [0.2, 0.25) is 0 Å². The van der Waals surface area contributed by atoms with Crippen molar-refractivity contribution in [3.05, 3.63) is 0 Å². The smallest absolute Gasteiger partial charge is 0.317 e. The van der Waals surface area contributed by atoms with Crippen LogP contribution < -0.4 is 5.32 Å². The van der Waals surface area contributed by atoms with E-state index >= 15 is 0 Å². The lowest BCUT2D eigenvalue weighted by Gasteiger charge is -1.99. The van der Waals surface area contributed by atoms with Crippen molar-refractivity contribution in [3.63, 3.8) is 0 Å². The van der Waals surface area contributed by atoms with Gasteiger partial charge in [0.05, 0.1) is 6.54 Å². The predicted molar refractivity (Wildman–Crippen MR) is 49.2 cm³/mol. The first-order valence-corrected chi connectivity index (χ1v) is 3.77. The number of carboxylic acid groups (broad SMARTS) is 2. The largest absolute Gasteiger partial charge is 0.481 e. The summed E-state index contributed by atoms with van der Waals surface area (Å²) in [5.74, 6) is -1.71. The molecule has 0 bridgehead atoms. The van der Waals surface area contributed by atoms with Crippen LogP contribution in [-0.4, -0.2) is 35.2 Å². The van der Waals surface area contributed by atoms with Crippen LogP contribution in [0.15, 0.2) is 0 Å². The molecule has 5 nitrogen and oxygen atoms in total. The average molecular weight is 212 g/mol. The topological polar surface area (TPSA) is 86.6 Å². The van der Waals surface area contributed by atoms with Crippen LogP contribution in [0.25, 0.3) is 0 Å². The number of carbonyl (C=O) groups is 2. The Bertz CT molecular complexity index is 145. The summed E-state index contributed by atoms with van der Waals surface area (Å²) in [6.07, 6.45) is 1.43. The zero-order chi connectivity index (χ0) is 9.40. The Labute approximate surface area is 82.5 Å². The minimum Gasteiger partial charge on any atom is -0.481 e. The molecule has 3 N–H and O–H groups in total. The van der Waals surface area contributed by atoms with Gasteiger partial charge < -0.3 is 15.5 Å². The highest BCUT2D eigenvalue weighted by Gasteiger charge is 1.97. The molecule has 0 heterocycles. The molecule has 78 valence electrons. The van der Waals surface area contributed by atoms with Gasteiger partial charge in [-0.05, 0) is 19.4 Å². The van der Waals surface area contributed by atoms with E-state index in [1.807, 2.05) is 0 Å². The number of nitrogens with one attached hydrogen (secondary N) is 1. The summed E-state index contributed by atoms with van der Waals surface area (Å²) in [5.41, 5.74) is 0. The van der Waals surface area contributed by atoms with Crippen LogP contribution >= 0.6 is 12.4 Å². The molecule has 0 fully saturated rings. The normalized spacial score (nSPS) is 8.92. The predicted octanol–water partition coefficient (Wildman–Crippen LogP) is 0.337. The molecule has 0 aromatic heterocycles. The van der Waals surface area contributed by atoms with Gasteiger partial charge in [-0.3, -0.25) is 9.59 Å². The average Bonchev–Trinajstić information content (AvgIpc) is 1.95. The van der Waals surface area contributed by atoms with Crippen LogP contribution in [0.4, 0.5) is 0 Å². The second-order valence-electron chi connectivity index (χ2n) is 2.42. The molecule has 13 heavy (non-hydrogen) atoms. The van der Waals surface area contributed by atoms with Gasteiger partial charge in [0, 0.05) is 6.42 Å². The lowest BCUT2D eigenvalue weighted by atomic mass is 10.2. The van der Waals surface area contributed by atoms with E-state index in [4.69, 9.17) is 10.2 Å². The van der Waals surface area contributed by atoms with E-state index in [-0.39, 0.29) is 25.4 Å². The number of halogens is 1. The molecule has 0 aliphatic heterocycles. The zero-order valence-electron chi connectivity index (χ0n) is 7.15. The molecule has 0 rings (SSSR count). The van der Waals surface area contributed by atoms with Crippen molar-refractivity contribution in [1.82, 2.24) is 5.32 Å². The Hall–Kier alpha value is -0.810. The van der Waals surface area contributed by atoms with E-state index in [0.717, 1.165) is 0 Å². The van der Waals surface area contributed by atoms with Crippen LogP contribution in [0.5, 0.6) is 0 Å². The standard InChI is InChI=1S/C7H13NO4.ClH/c9-6(10)3-1-2-4-8-5-7(11)12;/h8H,1-5H2,(H,9,10)(H,11,12);1H. The highest BCUT2D eigenvalue weighted by molar-refractivity contribution is 5.85. The summed E-state index contributed by atoms with van der Waals surface area (Å²) in [6, 6.07) is 0. The second-order valence-corrected chi connectivity index (χ2v) is 2.42. The maximum Gasteiger partial charge on any atom is 0.317 e. The van der Waals surface area contributed by atoms with Crippen molar-refractivity contribution in [3.8, 4) is 0 Å². The molecule has 0 amide bonds. The van der Waals surface area contributed by atoms with Crippen molar-refractivity contribution in [2.24, 2.45) is 0 Å². The first kappa shape index (κ1) is 14.7. The molecule has 0 unspecified atom stereocenters. The minimum atomic E-state index is -0.895. The third kappa shape index (κ3) is 14.1. The quantitative estimate of drug-likeness (QED) is 0.529. The van der Waals surface area contributed by atoms with E-state index in [0.29, 0.717) is 19.4 Å². The number of aliphatic carboxylic acids is 2. The SMILES string of the molecule is Cl.O=C(O)CCCCNCC(=O)O. The van der Waals surface area contributed by atoms with Crippen molar-refractivity contribution >= 4 is 24.3 Å². The van der Waals surface area contributed by atoms with Gasteiger partial charge in [-0.25, -0.2) is 0 Å². The van der Waals surface area contributed by atoms with Crippen molar-refractivity contribution in [1.29, 1.82) is 0 Å². The second kappa shape index (κ2) is 9.28. The fraction of sp³-hybridized carbons (Fsp3) is 0.714. The maximum absolute atomic E-state index is 10.0. The monoisotopic (exact) mass is 211 g/mol. The summed E-state index contributed by atoms with van der Waals surface area (Å²) in [5, 5.41) is 19.1. The highest BCUT2D eigenvalue weighted by Crippen LogP contribution is 1.92. The van der Waals surface area contributed by atoms with E-state index in [9.17, 15) is 9.59 Å². The Balaban J connectivity index is 0. The molecule has 0 spiro atoms. The maximum atomic E-state index is 10.0. The number of unbranched alkanes of at least 4 members (excludes halogenated alkanes) is 1. The van der Waals surface area contributed by atoms with Crippen molar-refractivity contribution in [2.75, 3.05) is 13.1 Å². The number of hydrogen-bond donors (Lipinski definition) is 3. The van der Waals surface area contributed by atoms with Gasteiger partial charge in [0.2, 0.25) is 0 Å². The molecule has 0 aliphatic carbocycles. The summed E-state index contributed by atoms with van der Waals surface area (Å²) in [7, 11) is 0. The minimum absolute atomic E-state index is 0. The van der Waals surface area contributed by atoms with Gasteiger partial charge in [0.1, 0.15) is 0 Å². The van der Waals surface area contributed by atoms with Gasteiger partial charge in [-0.15, -0.1) is 12.4 Å². The summed E-state index contributed by atoms with van der Waals surface area (Å²) in [6.45, 7) is 0.493. The molecule has 0 aromatic rings. The summed E-state index contributed by atoms with van der Waals surface area (Å²) < 4.78 is 0. The molecular weight excluding hydrogens is 198 g/mol. The number of hydrogen-bond acceptors (Lipinski definition) is 3. The lowest BCUT2D eigenvalue weighted by molar-refractivity contribution is -0.137. The zero-order valence-corrected chi connectivity index (χ0v) is 7.97. The summed E-state index contributed by atoms with van der Waals surface area (Å²) >= 11 is 0. The molecule has 0 saturated heterocycles. The van der Waals surface area contributed by atoms with Gasteiger partial charge >= 0.3 is 11.9 Å². The fourth-order valence-electron chi connectivity index (χ4n) is 0.722. The molecule has 0 radical (unpaired) electrons. The van der Waals surface area contributed by atoms with Gasteiger partial charge in [0.25, 0.3) is 0 Å². The molecule has 0 atom stereocenters. The third-order valence-electron chi connectivity index (χ3n) is 1.27. The molecular formula is C7H14ClNO4. The Morgan fingerprint density at radius 2 is 1.69 bits per heavy atom.